The Hall–Kier alpha value is -1.61. The van der Waals surface area contributed by atoms with E-state index >= 15 is 0 Å². The van der Waals surface area contributed by atoms with E-state index in [2.05, 4.69) is 4.74 Å². The van der Waals surface area contributed by atoms with E-state index in [-0.39, 0.29) is 0 Å². The Labute approximate surface area is 92.3 Å². The lowest BCUT2D eigenvalue weighted by atomic mass is 10.2. The van der Waals surface area contributed by atoms with Crippen LogP contribution in [0.25, 0.3) is 6.08 Å². The van der Waals surface area contributed by atoms with E-state index in [1.807, 2.05) is 0 Å². The molecule has 0 saturated heterocycles. The summed E-state index contributed by atoms with van der Waals surface area (Å²) in [4.78, 5) is 21.8. The quantitative estimate of drug-likeness (QED) is 0.449. The topological polar surface area (TPSA) is 43.4 Å². The SMILES string of the molecule is COC(=O)C(=O)/C=C/c1ccccc1Cl. The Kier molecular flexibility index (Phi) is 4.06. The van der Waals surface area contributed by atoms with Gasteiger partial charge in [-0.05, 0) is 23.8 Å². The molecule has 3 nitrogen and oxygen atoms in total. The van der Waals surface area contributed by atoms with Crippen LogP contribution in [0.15, 0.2) is 30.3 Å². The fourth-order valence-electron chi connectivity index (χ4n) is 0.944. The van der Waals surface area contributed by atoms with Crippen molar-refractivity contribution in [2.75, 3.05) is 7.11 Å². The van der Waals surface area contributed by atoms with E-state index in [0.29, 0.717) is 10.6 Å². The lowest BCUT2D eigenvalue weighted by molar-refractivity contribution is -0.149. The maximum atomic E-state index is 11.1. The number of methoxy groups -OCH3 is 1. The summed E-state index contributed by atoms with van der Waals surface area (Å²) < 4.78 is 4.26. The summed E-state index contributed by atoms with van der Waals surface area (Å²) >= 11 is 5.84. The molecule has 1 rings (SSSR count). The van der Waals surface area contributed by atoms with Crippen LogP contribution in [-0.2, 0) is 14.3 Å². The maximum Gasteiger partial charge on any atom is 0.378 e. The van der Waals surface area contributed by atoms with Crippen LogP contribution in [0, 0.1) is 0 Å². The second-order valence-electron chi connectivity index (χ2n) is 2.71. The summed E-state index contributed by atoms with van der Waals surface area (Å²) in [5.41, 5.74) is 0.677. The summed E-state index contributed by atoms with van der Waals surface area (Å²) in [5.74, 6) is -1.60. The molecule has 0 fully saturated rings. The van der Waals surface area contributed by atoms with E-state index < -0.39 is 11.8 Å². The number of rotatable bonds is 3. The first kappa shape index (κ1) is 11.5. The molecule has 0 aromatic heterocycles. The molecule has 0 aliphatic rings. The molecule has 0 aliphatic carbocycles. The fraction of sp³-hybridized carbons (Fsp3) is 0.0909. The van der Waals surface area contributed by atoms with Crippen molar-refractivity contribution in [1.82, 2.24) is 0 Å². The van der Waals surface area contributed by atoms with Gasteiger partial charge in [0.1, 0.15) is 0 Å². The van der Waals surface area contributed by atoms with Crippen LogP contribution >= 0.6 is 11.6 Å². The highest BCUT2D eigenvalue weighted by Gasteiger charge is 2.08. The van der Waals surface area contributed by atoms with Crippen molar-refractivity contribution < 1.29 is 14.3 Å². The number of benzene rings is 1. The first-order valence-electron chi connectivity index (χ1n) is 4.20. The minimum absolute atomic E-state index is 0.520. The highest BCUT2D eigenvalue weighted by Crippen LogP contribution is 2.16. The minimum Gasteiger partial charge on any atom is -0.463 e. The Morgan fingerprint density at radius 1 is 1.33 bits per heavy atom. The molecule has 0 amide bonds. The zero-order chi connectivity index (χ0) is 11.3. The zero-order valence-corrected chi connectivity index (χ0v) is 8.82. The first-order valence-corrected chi connectivity index (χ1v) is 4.58. The van der Waals surface area contributed by atoms with Gasteiger partial charge in [-0.15, -0.1) is 0 Å². The van der Waals surface area contributed by atoms with E-state index in [1.54, 1.807) is 24.3 Å². The summed E-state index contributed by atoms with van der Waals surface area (Å²) in [7, 11) is 1.16. The third kappa shape index (κ3) is 3.22. The van der Waals surface area contributed by atoms with Gasteiger partial charge in [-0.2, -0.15) is 0 Å². The van der Waals surface area contributed by atoms with Gasteiger partial charge >= 0.3 is 5.97 Å². The molecule has 0 aliphatic heterocycles. The maximum absolute atomic E-state index is 11.1. The number of ether oxygens (including phenoxy) is 1. The van der Waals surface area contributed by atoms with Crippen LogP contribution in [0.4, 0.5) is 0 Å². The first-order chi connectivity index (χ1) is 7.15. The van der Waals surface area contributed by atoms with E-state index in [9.17, 15) is 9.59 Å². The molecule has 0 spiro atoms. The summed E-state index contributed by atoms with van der Waals surface area (Å²) in [6, 6.07) is 7.00. The standard InChI is InChI=1S/C11H9ClO3/c1-15-11(14)10(13)7-6-8-4-2-3-5-9(8)12/h2-7H,1H3/b7-6+. The largest absolute Gasteiger partial charge is 0.463 e. The van der Waals surface area contributed by atoms with Crippen molar-refractivity contribution in [3.63, 3.8) is 0 Å². The van der Waals surface area contributed by atoms with Crippen molar-refractivity contribution in [3.8, 4) is 0 Å². The predicted molar refractivity (Wildman–Crippen MR) is 57.5 cm³/mol. The molecular weight excluding hydrogens is 216 g/mol. The molecular formula is C11H9ClO3. The molecule has 0 atom stereocenters. The lowest BCUT2D eigenvalue weighted by Crippen LogP contribution is -2.12. The van der Waals surface area contributed by atoms with Gasteiger partial charge in [-0.25, -0.2) is 4.79 Å². The van der Waals surface area contributed by atoms with Crippen LogP contribution in [0.3, 0.4) is 0 Å². The minimum atomic E-state index is -0.890. The van der Waals surface area contributed by atoms with Crippen LogP contribution in [-0.4, -0.2) is 18.9 Å². The third-order valence-corrected chi connectivity index (χ3v) is 2.05. The van der Waals surface area contributed by atoms with Gasteiger partial charge in [0.05, 0.1) is 7.11 Å². The van der Waals surface area contributed by atoms with Gasteiger partial charge in [0, 0.05) is 5.02 Å². The zero-order valence-electron chi connectivity index (χ0n) is 8.07. The molecule has 1 aromatic carbocycles. The van der Waals surface area contributed by atoms with Gasteiger partial charge in [-0.1, -0.05) is 29.8 Å². The Morgan fingerprint density at radius 3 is 2.60 bits per heavy atom. The number of halogens is 1. The number of carbonyl (C=O) groups is 2. The van der Waals surface area contributed by atoms with Crippen LogP contribution in [0.5, 0.6) is 0 Å². The van der Waals surface area contributed by atoms with Crippen molar-refractivity contribution in [3.05, 3.63) is 40.9 Å². The molecule has 1 aromatic rings. The average molecular weight is 225 g/mol. The van der Waals surface area contributed by atoms with Crippen LogP contribution in [0.2, 0.25) is 5.02 Å². The highest BCUT2D eigenvalue weighted by atomic mass is 35.5. The number of carbonyl (C=O) groups excluding carboxylic acids is 2. The number of ketones is 1. The lowest BCUT2D eigenvalue weighted by Gasteiger charge is -1.96. The highest BCUT2D eigenvalue weighted by molar-refractivity contribution is 6.39. The van der Waals surface area contributed by atoms with Gasteiger partial charge < -0.3 is 4.74 Å². The molecule has 15 heavy (non-hydrogen) atoms. The average Bonchev–Trinajstić information content (AvgIpc) is 2.26. The molecule has 4 heteroatoms. The normalized spacial score (nSPS) is 10.3. The van der Waals surface area contributed by atoms with Crippen molar-refractivity contribution in [1.29, 1.82) is 0 Å². The molecule has 0 N–H and O–H groups in total. The van der Waals surface area contributed by atoms with Crippen molar-refractivity contribution in [2.24, 2.45) is 0 Å². The van der Waals surface area contributed by atoms with E-state index in [0.717, 1.165) is 13.2 Å². The van der Waals surface area contributed by atoms with Gasteiger partial charge in [0.2, 0.25) is 0 Å². The molecule has 0 radical (unpaired) electrons. The van der Waals surface area contributed by atoms with Crippen molar-refractivity contribution >= 4 is 29.4 Å². The van der Waals surface area contributed by atoms with Crippen LogP contribution < -0.4 is 0 Å². The monoisotopic (exact) mass is 224 g/mol. The van der Waals surface area contributed by atoms with E-state index in [1.165, 1.54) is 6.08 Å². The summed E-state index contributed by atoms with van der Waals surface area (Å²) in [6.07, 6.45) is 2.61. The molecule has 0 heterocycles. The van der Waals surface area contributed by atoms with Gasteiger partial charge in [-0.3, -0.25) is 4.79 Å². The smallest absolute Gasteiger partial charge is 0.378 e. The Bertz CT molecular complexity index is 410. The van der Waals surface area contributed by atoms with Gasteiger partial charge in [0.15, 0.2) is 0 Å². The number of hydrogen-bond donors (Lipinski definition) is 0. The van der Waals surface area contributed by atoms with E-state index in [4.69, 9.17) is 11.6 Å². The molecule has 0 saturated carbocycles. The summed E-state index contributed by atoms with van der Waals surface area (Å²) in [5, 5.41) is 0.520. The number of hydrogen-bond acceptors (Lipinski definition) is 3. The summed E-state index contributed by atoms with van der Waals surface area (Å²) in [6.45, 7) is 0. The Morgan fingerprint density at radius 2 is 2.00 bits per heavy atom. The fourth-order valence-corrected chi connectivity index (χ4v) is 1.14. The molecule has 0 unspecified atom stereocenters. The second-order valence-corrected chi connectivity index (χ2v) is 3.12. The third-order valence-electron chi connectivity index (χ3n) is 1.71. The van der Waals surface area contributed by atoms with Crippen molar-refractivity contribution in [2.45, 2.75) is 0 Å². The molecule has 78 valence electrons. The van der Waals surface area contributed by atoms with Crippen LogP contribution in [0.1, 0.15) is 5.56 Å². The Balaban J connectivity index is 2.78. The predicted octanol–water partition coefficient (Wildman–Crippen LogP) is 2.10. The molecule has 0 bridgehead atoms. The number of esters is 1. The van der Waals surface area contributed by atoms with Gasteiger partial charge in [0.25, 0.3) is 5.78 Å². The second kappa shape index (κ2) is 5.32.